The Balaban J connectivity index is 1.37. The van der Waals surface area contributed by atoms with Gasteiger partial charge in [0.15, 0.2) is 0 Å². The molecule has 0 fully saturated rings. The van der Waals surface area contributed by atoms with Crippen molar-refractivity contribution in [2.24, 2.45) is 9.98 Å². The van der Waals surface area contributed by atoms with Gasteiger partial charge in [-0.2, -0.15) is 0 Å². The van der Waals surface area contributed by atoms with Crippen molar-refractivity contribution in [2.75, 3.05) is 39.3 Å². The van der Waals surface area contributed by atoms with Crippen LogP contribution < -0.4 is 0 Å². The Morgan fingerprint density at radius 3 is 0.848 bits per heavy atom. The van der Waals surface area contributed by atoms with E-state index in [-0.39, 0.29) is 0 Å². The Hall–Kier alpha value is -1.06. The molecule has 0 amide bonds. The summed E-state index contributed by atoms with van der Waals surface area (Å²) in [6.07, 6.45) is 45.4. The Labute approximate surface area is 289 Å². The Bertz CT molecular complexity index is 656. The van der Waals surface area contributed by atoms with E-state index < -0.39 is 0 Å². The number of nitrogens with zero attached hydrogens (tertiary/aromatic N) is 4. The summed E-state index contributed by atoms with van der Waals surface area (Å²) < 4.78 is 0. The SMILES string of the molecule is CCCCCCCCCCCCCCCCCC1=NCCN1CCN1CCN=C1CCCCCCCCCCCCCCCCC. The van der Waals surface area contributed by atoms with E-state index in [4.69, 9.17) is 9.98 Å². The third-order valence-electron chi connectivity index (χ3n) is 10.7. The zero-order valence-corrected chi connectivity index (χ0v) is 31.7. The number of hydrogen-bond donors (Lipinski definition) is 0. The fourth-order valence-corrected chi connectivity index (χ4v) is 7.56. The molecule has 0 aromatic rings. The first-order valence-electron chi connectivity index (χ1n) is 21.4. The maximum Gasteiger partial charge on any atom is 0.0990 e. The number of rotatable bonds is 35. The van der Waals surface area contributed by atoms with Gasteiger partial charge in [-0.15, -0.1) is 0 Å². The van der Waals surface area contributed by atoms with Crippen LogP contribution in [0.3, 0.4) is 0 Å². The number of unbranched alkanes of at least 4 members (excludes halogenated alkanes) is 28. The smallest absolute Gasteiger partial charge is 0.0990 e. The van der Waals surface area contributed by atoms with Crippen LogP contribution in [0.2, 0.25) is 0 Å². The van der Waals surface area contributed by atoms with Crippen molar-refractivity contribution < 1.29 is 0 Å². The fraction of sp³-hybridized carbons (Fsp3) is 0.952. The molecule has 0 saturated heterocycles. The molecule has 0 radical (unpaired) electrons. The largest absolute Gasteiger partial charge is 0.357 e. The molecule has 4 nitrogen and oxygen atoms in total. The molecule has 0 bridgehead atoms. The maximum absolute atomic E-state index is 4.90. The van der Waals surface area contributed by atoms with E-state index in [1.165, 1.54) is 217 Å². The van der Waals surface area contributed by atoms with Crippen LogP contribution in [0.5, 0.6) is 0 Å². The summed E-state index contributed by atoms with van der Waals surface area (Å²) in [5, 5.41) is 0. The normalized spacial score (nSPS) is 14.9. The first-order valence-corrected chi connectivity index (χ1v) is 21.4. The maximum atomic E-state index is 4.90. The van der Waals surface area contributed by atoms with Gasteiger partial charge < -0.3 is 9.80 Å². The summed E-state index contributed by atoms with van der Waals surface area (Å²) in [6, 6.07) is 0. The van der Waals surface area contributed by atoms with Crippen molar-refractivity contribution in [1.82, 2.24) is 9.80 Å². The lowest BCUT2D eigenvalue weighted by molar-refractivity contribution is 0.362. The van der Waals surface area contributed by atoms with Crippen molar-refractivity contribution in [3.63, 3.8) is 0 Å². The molecule has 0 aromatic heterocycles. The van der Waals surface area contributed by atoms with Crippen molar-refractivity contribution >= 4 is 11.7 Å². The van der Waals surface area contributed by atoms with Crippen molar-refractivity contribution in [1.29, 1.82) is 0 Å². The molecule has 0 aliphatic carbocycles. The highest BCUT2D eigenvalue weighted by atomic mass is 15.3. The molecule has 0 saturated carbocycles. The highest BCUT2D eigenvalue weighted by molar-refractivity contribution is 5.85. The summed E-state index contributed by atoms with van der Waals surface area (Å²) >= 11 is 0. The van der Waals surface area contributed by atoms with Crippen LogP contribution in [0, 0.1) is 0 Å². The van der Waals surface area contributed by atoms with Gasteiger partial charge in [-0.25, -0.2) is 0 Å². The van der Waals surface area contributed by atoms with Gasteiger partial charge in [-0.05, 0) is 12.8 Å². The zero-order chi connectivity index (χ0) is 32.6. The van der Waals surface area contributed by atoms with Crippen LogP contribution in [-0.4, -0.2) is 60.7 Å². The third kappa shape index (κ3) is 22.5. The number of aliphatic imine (C=N–C) groups is 2. The molecule has 0 aromatic carbocycles. The van der Waals surface area contributed by atoms with Crippen LogP contribution in [-0.2, 0) is 0 Å². The minimum absolute atomic E-state index is 1.01. The van der Waals surface area contributed by atoms with Crippen molar-refractivity contribution in [2.45, 2.75) is 219 Å². The summed E-state index contributed by atoms with van der Waals surface area (Å²) in [5.74, 6) is 2.80. The van der Waals surface area contributed by atoms with Gasteiger partial charge in [-0.3, -0.25) is 9.98 Å². The van der Waals surface area contributed by atoms with Crippen LogP contribution in [0.15, 0.2) is 9.98 Å². The molecule has 2 aliphatic rings. The standard InChI is InChI=1S/C42H82N4/c1-3-5-7-9-11-13-15-17-19-21-23-25-27-29-31-33-41-43-35-37-45(41)39-40-46-38-36-44-42(46)34-32-30-28-26-24-22-20-18-16-14-12-10-8-6-4-2/h3-40H2,1-2H3. The van der Waals surface area contributed by atoms with Gasteiger partial charge in [0.25, 0.3) is 0 Å². The first kappa shape index (κ1) is 41.1. The van der Waals surface area contributed by atoms with E-state index in [2.05, 4.69) is 23.6 Å². The monoisotopic (exact) mass is 643 g/mol. The van der Waals surface area contributed by atoms with Gasteiger partial charge in [0.05, 0.1) is 24.8 Å². The molecule has 0 spiro atoms. The average molecular weight is 643 g/mol. The van der Waals surface area contributed by atoms with Gasteiger partial charge in [0.1, 0.15) is 0 Å². The minimum Gasteiger partial charge on any atom is -0.357 e. The third-order valence-corrected chi connectivity index (χ3v) is 10.7. The van der Waals surface area contributed by atoms with Gasteiger partial charge in [0.2, 0.25) is 0 Å². The Kier molecular flexibility index (Phi) is 27.9. The molecular formula is C42H82N4. The second kappa shape index (κ2) is 31.2. The predicted molar refractivity (Wildman–Crippen MR) is 207 cm³/mol. The summed E-state index contributed by atoms with van der Waals surface area (Å²) in [4.78, 5) is 15.0. The quantitative estimate of drug-likeness (QED) is 0.0644. The number of hydrogen-bond acceptors (Lipinski definition) is 4. The van der Waals surface area contributed by atoms with Crippen LogP contribution in [0.25, 0.3) is 0 Å². The van der Waals surface area contributed by atoms with E-state index in [0.29, 0.717) is 0 Å². The predicted octanol–water partition coefficient (Wildman–Crippen LogP) is 12.9. The van der Waals surface area contributed by atoms with E-state index in [9.17, 15) is 0 Å². The second-order valence-corrected chi connectivity index (χ2v) is 15.0. The van der Waals surface area contributed by atoms with Crippen LogP contribution in [0.4, 0.5) is 0 Å². The molecule has 0 atom stereocenters. The molecule has 4 heteroatoms. The van der Waals surface area contributed by atoms with Gasteiger partial charge in [-0.1, -0.05) is 194 Å². The average Bonchev–Trinajstić information content (AvgIpc) is 3.72. The van der Waals surface area contributed by atoms with Crippen molar-refractivity contribution in [3.8, 4) is 0 Å². The van der Waals surface area contributed by atoms with E-state index in [1.54, 1.807) is 0 Å². The second-order valence-electron chi connectivity index (χ2n) is 15.0. The number of amidine groups is 2. The molecule has 2 heterocycles. The lowest BCUT2D eigenvalue weighted by Gasteiger charge is -2.26. The van der Waals surface area contributed by atoms with E-state index in [0.717, 1.165) is 39.3 Å². The van der Waals surface area contributed by atoms with E-state index in [1.807, 2.05) is 0 Å². The van der Waals surface area contributed by atoms with Crippen molar-refractivity contribution in [3.05, 3.63) is 0 Å². The summed E-state index contributed by atoms with van der Waals surface area (Å²) in [5.41, 5.74) is 0. The summed E-state index contributed by atoms with van der Waals surface area (Å²) in [6.45, 7) is 11.2. The zero-order valence-electron chi connectivity index (χ0n) is 31.7. The molecule has 46 heavy (non-hydrogen) atoms. The first-order chi connectivity index (χ1) is 22.8. The van der Waals surface area contributed by atoms with Crippen LogP contribution >= 0.6 is 0 Å². The highest BCUT2D eigenvalue weighted by Gasteiger charge is 2.20. The molecule has 0 N–H and O–H groups in total. The molecule has 0 unspecified atom stereocenters. The summed E-state index contributed by atoms with van der Waals surface area (Å²) in [7, 11) is 0. The highest BCUT2D eigenvalue weighted by Crippen LogP contribution is 2.17. The van der Waals surface area contributed by atoms with Gasteiger partial charge in [0, 0.05) is 39.0 Å². The molecule has 2 rings (SSSR count). The molecular weight excluding hydrogens is 560 g/mol. The Morgan fingerprint density at radius 1 is 0.348 bits per heavy atom. The minimum atomic E-state index is 1.01. The van der Waals surface area contributed by atoms with Gasteiger partial charge >= 0.3 is 0 Å². The van der Waals surface area contributed by atoms with Crippen LogP contribution in [0.1, 0.15) is 219 Å². The van der Waals surface area contributed by atoms with E-state index >= 15 is 0 Å². The molecule has 270 valence electrons. The molecule has 2 aliphatic heterocycles. The lowest BCUT2D eigenvalue weighted by Crippen LogP contribution is -2.38. The Morgan fingerprint density at radius 2 is 0.587 bits per heavy atom. The fourth-order valence-electron chi connectivity index (χ4n) is 7.56. The lowest BCUT2D eigenvalue weighted by atomic mass is 10.0. The topological polar surface area (TPSA) is 31.2 Å².